The molecule has 0 aliphatic carbocycles. The lowest BCUT2D eigenvalue weighted by molar-refractivity contribution is 0.0473. The predicted octanol–water partition coefficient (Wildman–Crippen LogP) is 3.65. The van der Waals surface area contributed by atoms with Crippen molar-refractivity contribution in [3.63, 3.8) is 0 Å². The third kappa shape index (κ3) is 4.34. The summed E-state index contributed by atoms with van der Waals surface area (Å²) in [6.45, 7) is 3.80. The van der Waals surface area contributed by atoms with Crippen molar-refractivity contribution in [2.75, 3.05) is 6.26 Å². The number of fused-ring (bicyclic) bond motifs is 1. The first kappa shape index (κ1) is 19.0. The summed E-state index contributed by atoms with van der Waals surface area (Å²) in [7, 11) is -0.991. The van der Waals surface area contributed by atoms with E-state index >= 15 is 0 Å². The van der Waals surface area contributed by atoms with E-state index in [9.17, 15) is 13.8 Å². The molecule has 0 saturated heterocycles. The van der Waals surface area contributed by atoms with Gasteiger partial charge in [-0.2, -0.15) is 0 Å². The quantitative estimate of drug-likeness (QED) is 0.496. The minimum absolute atomic E-state index is 0.0344. The molecular weight excluding hydrogens is 364 g/mol. The third-order valence-electron chi connectivity index (χ3n) is 4.41. The van der Waals surface area contributed by atoms with Crippen molar-refractivity contribution in [3.8, 4) is 0 Å². The van der Waals surface area contributed by atoms with Crippen molar-refractivity contribution in [1.29, 1.82) is 0 Å². The molecule has 0 saturated carbocycles. The highest BCUT2D eigenvalue weighted by molar-refractivity contribution is 7.83. The standard InChI is InChI=1S/C21H20O5S/c1-13-7-8-18-17(10-19(22)26-20(18)14(13)2)11-25-21(23)16-6-4-5-15(9-16)12-27(3)24/h4-10H,11-12H2,1-3H3. The van der Waals surface area contributed by atoms with Crippen molar-refractivity contribution >= 4 is 27.7 Å². The van der Waals surface area contributed by atoms with Gasteiger partial charge in [-0.15, -0.1) is 0 Å². The summed E-state index contributed by atoms with van der Waals surface area (Å²) < 4.78 is 22.1. The molecule has 0 bridgehead atoms. The van der Waals surface area contributed by atoms with Gasteiger partial charge >= 0.3 is 11.6 Å². The van der Waals surface area contributed by atoms with E-state index in [1.807, 2.05) is 32.0 Å². The van der Waals surface area contributed by atoms with Crippen LogP contribution in [0.25, 0.3) is 11.0 Å². The number of carbonyl (C=O) groups excluding carboxylic acids is 1. The second-order valence-corrected chi connectivity index (χ2v) is 7.90. The summed E-state index contributed by atoms with van der Waals surface area (Å²) in [5, 5.41) is 0.751. The molecule has 27 heavy (non-hydrogen) atoms. The molecule has 140 valence electrons. The first-order valence-corrected chi connectivity index (χ1v) is 10.2. The Bertz CT molecular complexity index is 1100. The van der Waals surface area contributed by atoms with Crippen molar-refractivity contribution in [3.05, 3.63) is 80.7 Å². The first-order chi connectivity index (χ1) is 12.8. The zero-order chi connectivity index (χ0) is 19.6. The van der Waals surface area contributed by atoms with Crippen LogP contribution in [-0.4, -0.2) is 16.4 Å². The minimum Gasteiger partial charge on any atom is -0.457 e. The van der Waals surface area contributed by atoms with E-state index < -0.39 is 22.4 Å². The molecule has 6 heteroatoms. The highest BCUT2D eigenvalue weighted by atomic mass is 32.2. The number of rotatable bonds is 5. The fraction of sp³-hybridized carbons (Fsp3) is 0.238. The number of aryl methyl sites for hydroxylation is 2. The summed E-state index contributed by atoms with van der Waals surface area (Å²) in [5.41, 5.74) is 3.74. The van der Waals surface area contributed by atoms with Crippen LogP contribution in [0.15, 0.2) is 51.7 Å². The highest BCUT2D eigenvalue weighted by Crippen LogP contribution is 2.24. The Kier molecular flexibility index (Phi) is 5.56. The molecule has 0 amide bonds. The van der Waals surface area contributed by atoms with Gasteiger partial charge in [-0.3, -0.25) is 4.21 Å². The fourth-order valence-electron chi connectivity index (χ4n) is 2.89. The Balaban J connectivity index is 1.85. The average molecular weight is 384 g/mol. The molecule has 1 atom stereocenters. The summed E-state index contributed by atoms with van der Waals surface area (Å²) in [4.78, 5) is 24.3. The molecule has 0 radical (unpaired) electrons. The van der Waals surface area contributed by atoms with Gasteiger partial charge in [0, 0.05) is 39.8 Å². The second-order valence-electron chi connectivity index (χ2n) is 6.47. The molecule has 5 nitrogen and oxygen atoms in total. The molecule has 1 unspecified atom stereocenters. The summed E-state index contributed by atoms with van der Waals surface area (Å²) in [6, 6.07) is 12.0. The lowest BCUT2D eigenvalue weighted by Crippen LogP contribution is -2.09. The van der Waals surface area contributed by atoms with Crippen LogP contribution in [0, 0.1) is 13.8 Å². The largest absolute Gasteiger partial charge is 0.457 e. The molecular formula is C21H20O5S. The van der Waals surface area contributed by atoms with Crippen LogP contribution in [0.4, 0.5) is 0 Å². The van der Waals surface area contributed by atoms with Gasteiger partial charge in [0.1, 0.15) is 12.2 Å². The fourth-order valence-corrected chi connectivity index (χ4v) is 3.54. The van der Waals surface area contributed by atoms with Crippen LogP contribution < -0.4 is 5.63 Å². The number of ether oxygens (including phenoxy) is 1. The molecule has 1 heterocycles. The van der Waals surface area contributed by atoms with E-state index in [4.69, 9.17) is 9.15 Å². The van der Waals surface area contributed by atoms with Gasteiger partial charge < -0.3 is 9.15 Å². The van der Waals surface area contributed by atoms with Crippen LogP contribution in [0.2, 0.25) is 0 Å². The molecule has 1 aromatic heterocycles. The Morgan fingerprint density at radius 3 is 2.67 bits per heavy atom. The van der Waals surface area contributed by atoms with E-state index in [1.165, 1.54) is 6.07 Å². The summed E-state index contributed by atoms with van der Waals surface area (Å²) in [5.74, 6) is -0.117. The van der Waals surface area contributed by atoms with Crippen molar-refractivity contribution < 1.29 is 18.2 Å². The Labute approximate surface area is 159 Å². The Morgan fingerprint density at radius 2 is 1.93 bits per heavy atom. The van der Waals surface area contributed by atoms with Gasteiger partial charge in [0.25, 0.3) is 0 Å². The maximum absolute atomic E-state index is 12.4. The predicted molar refractivity (Wildman–Crippen MR) is 105 cm³/mol. The molecule has 2 aromatic carbocycles. The van der Waals surface area contributed by atoms with Gasteiger partial charge in [-0.1, -0.05) is 24.3 Å². The van der Waals surface area contributed by atoms with E-state index in [0.29, 0.717) is 22.5 Å². The van der Waals surface area contributed by atoms with Crippen LogP contribution >= 0.6 is 0 Å². The van der Waals surface area contributed by atoms with Gasteiger partial charge in [-0.25, -0.2) is 9.59 Å². The summed E-state index contributed by atoms with van der Waals surface area (Å²) >= 11 is 0. The van der Waals surface area contributed by atoms with Crippen LogP contribution in [0.1, 0.15) is 32.6 Å². The molecule has 3 aromatic rings. The van der Waals surface area contributed by atoms with Gasteiger partial charge in [-0.05, 0) is 42.7 Å². The number of hydrogen-bond donors (Lipinski definition) is 0. The number of hydrogen-bond acceptors (Lipinski definition) is 5. The van der Waals surface area contributed by atoms with Crippen LogP contribution in [-0.2, 0) is 27.9 Å². The zero-order valence-electron chi connectivity index (χ0n) is 15.4. The van der Waals surface area contributed by atoms with Crippen molar-refractivity contribution in [1.82, 2.24) is 0 Å². The molecule has 0 aliphatic heterocycles. The SMILES string of the molecule is Cc1ccc2c(COC(=O)c3cccc(CS(C)=O)c3)cc(=O)oc2c1C. The normalized spacial score (nSPS) is 12.1. The van der Waals surface area contributed by atoms with E-state index in [-0.39, 0.29) is 6.61 Å². The number of esters is 1. The van der Waals surface area contributed by atoms with Gasteiger partial charge in [0.05, 0.1) is 5.56 Å². The monoisotopic (exact) mass is 384 g/mol. The van der Waals surface area contributed by atoms with Crippen LogP contribution in [0.3, 0.4) is 0 Å². The zero-order valence-corrected chi connectivity index (χ0v) is 16.2. The third-order valence-corrected chi connectivity index (χ3v) is 5.15. The lowest BCUT2D eigenvalue weighted by atomic mass is 10.0. The lowest BCUT2D eigenvalue weighted by Gasteiger charge is -2.10. The highest BCUT2D eigenvalue weighted by Gasteiger charge is 2.13. The van der Waals surface area contributed by atoms with Crippen molar-refractivity contribution in [2.45, 2.75) is 26.2 Å². The van der Waals surface area contributed by atoms with Gasteiger partial charge in [0.2, 0.25) is 0 Å². The first-order valence-electron chi connectivity index (χ1n) is 8.44. The maximum atomic E-state index is 12.4. The Hall–Kier alpha value is -2.73. The average Bonchev–Trinajstić information content (AvgIpc) is 2.62. The van der Waals surface area contributed by atoms with E-state index in [2.05, 4.69) is 0 Å². The topological polar surface area (TPSA) is 73.6 Å². The van der Waals surface area contributed by atoms with Crippen LogP contribution in [0.5, 0.6) is 0 Å². The number of carbonyl (C=O) groups is 1. The minimum atomic E-state index is -0.991. The second kappa shape index (κ2) is 7.88. The molecule has 0 aliphatic rings. The molecule has 0 fully saturated rings. The molecule has 0 spiro atoms. The maximum Gasteiger partial charge on any atom is 0.338 e. The number of benzene rings is 2. The smallest absolute Gasteiger partial charge is 0.338 e. The Morgan fingerprint density at radius 1 is 1.15 bits per heavy atom. The van der Waals surface area contributed by atoms with Crippen molar-refractivity contribution in [2.24, 2.45) is 0 Å². The van der Waals surface area contributed by atoms with Gasteiger partial charge in [0.15, 0.2) is 0 Å². The van der Waals surface area contributed by atoms with E-state index in [0.717, 1.165) is 22.1 Å². The summed E-state index contributed by atoms with van der Waals surface area (Å²) in [6.07, 6.45) is 1.61. The molecule has 3 rings (SSSR count). The van der Waals surface area contributed by atoms with E-state index in [1.54, 1.807) is 24.5 Å². The molecule has 0 N–H and O–H groups in total.